The summed E-state index contributed by atoms with van der Waals surface area (Å²) >= 11 is 0. The highest BCUT2D eigenvalue weighted by atomic mass is 15.3. The normalized spacial score (nSPS) is 11.2. The highest BCUT2D eigenvalue weighted by molar-refractivity contribution is 5.81. The van der Waals surface area contributed by atoms with Crippen LogP contribution in [-0.4, -0.2) is 25.9 Å². The summed E-state index contributed by atoms with van der Waals surface area (Å²) in [6, 6.07) is 8.31. The minimum Gasteiger partial charge on any atom is -0.336 e. The van der Waals surface area contributed by atoms with E-state index >= 15 is 0 Å². The lowest BCUT2D eigenvalue weighted by molar-refractivity contribution is 0.588. The topological polar surface area (TPSA) is 47.7 Å². The van der Waals surface area contributed by atoms with Gasteiger partial charge >= 0.3 is 0 Å². The molecule has 0 fully saturated rings. The maximum atomic E-state index is 4.56. The summed E-state index contributed by atoms with van der Waals surface area (Å²) in [4.78, 5) is 4.02. The Hall–Kier alpha value is -2.14. The average molecular weight is 255 g/mol. The summed E-state index contributed by atoms with van der Waals surface area (Å²) in [5.74, 6) is 0. The number of aromatic nitrogens is 4. The molecule has 0 saturated heterocycles. The smallest absolute Gasteiger partial charge is 0.0946 e. The van der Waals surface area contributed by atoms with E-state index in [1.807, 2.05) is 30.3 Å². The van der Waals surface area contributed by atoms with Gasteiger partial charge < -0.3 is 9.88 Å². The molecule has 98 valence electrons. The Morgan fingerprint density at radius 1 is 1.26 bits per heavy atom. The zero-order valence-corrected chi connectivity index (χ0v) is 11.0. The zero-order chi connectivity index (χ0) is 13.1. The van der Waals surface area contributed by atoms with E-state index in [2.05, 4.69) is 38.2 Å². The number of para-hydroxylation sites is 1. The third-order valence-electron chi connectivity index (χ3n) is 3.23. The Labute approximate surface area is 111 Å². The van der Waals surface area contributed by atoms with Gasteiger partial charge in [0.1, 0.15) is 0 Å². The maximum absolute atomic E-state index is 4.56. The van der Waals surface area contributed by atoms with Crippen molar-refractivity contribution in [2.75, 3.05) is 6.54 Å². The van der Waals surface area contributed by atoms with Crippen LogP contribution >= 0.6 is 0 Å². The number of nitrogens with one attached hydrogen (secondary N) is 1. The fourth-order valence-corrected chi connectivity index (χ4v) is 2.25. The number of imidazole rings is 1. The standard InChI is InChI=1S/C14H17N5/c1-18-14-5-3-2-4-12(14)13(17-18)10-15-6-8-19-9-7-16-11-19/h2-5,7,9,11,15H,6,8,10H2,1H3. The molecule has 1 aromatic carbocycles. The molecule has 19 heavy (non-hydrogen) atoms. The van der Waals surface area contributed by atoms with Crippen LogP contribution < -0.4 is 5.32 Å². The van der Waals surface area contributed by atoms with E-state index in [9.17, 15) is 0 Å². The van der Waals surface area contributed by atoms with Gasteiger partial charge in [0, 0.05) is 44.5 Å². The summed E-state index contributed by atoms with van der Waals surface area (Å²) in [5.41, 5.74) is 2.28. The molecule has 0 radical (unpaired) electrons. The van der Waals surface area contributed by atoms with E-state index in [1.54, 1.807) is 6.20 Å². The minimum atomic E-state index is 0.788. The SMILES string of the molecule is Cn1nc(CNCCn2ccnc2)c2ccccc21. The number of benzene rings is 1. The van der Waals surface area contributed by atoms with E-state index < -0.39 is 0 Å². The number of nitrogens with zero attached hydrogens (tertiary/aromatic N) is 4. The van der Waals surface area contributed by atoms with Crippen molar-refractivity contribution in [1.82, 2.24) is 24.6 Å². The second kappa shape index (κ2) is 5.24. The van der Waals surface area contributed by atoms with Crippen LogP contribution in [0.2, 0.25) is 0 Å². The predicted molar refractivity (Wildman–Crippen MR) is 74.6 cm³/mol. The molecule has 0 amide bonds. The van der Waals surface area contributed by atoms with Gasteiger partial charge in [0.25, 0.3) is 0 Å². The molecule has 2 aromatic heterocycles. The lowest BCUT2D eigenvalue weighted by atomic mass is 10.2. The number of hydrogen-bond donors (Lipinski definition) is 1. The van der Waals surface area contributed by atoms with E-state index in [0.29, 0.717) is 0 Å². The number of aryl methyl sites for hydroxylation is 1. The van der Waals surface area contributed by atoms with Crippen LogP contribution in [0.4, 0.5) is 0 Å². The first-order chi connectivity index (χ1) is 9.34. The molecule has 2 heterocycles. The Morgan fingerprint density at radius 2 is 2.16 bits per heavy atom. The summed E-state index contributed by atoms with van der Waals surface area (Å²) < 4.78 is 3.99. The quantitative estimate of drug-likeness (QED) is 0.704. The molecule has 0 saturated carbocycles. The molecule has 0 aliphatic heterocycles. The Balaban J connectivity index is 1.62. The van der Waals surface area contributed by atoms with Crippen molar-refractivity contribution in [3.05, 3.63) is 48.7 Å². The number of hydrogen-bond acceptors (Lipinski definition) is 3. The molecule has 0 aliphatic carbocycles. The minimum absolute atomic E-state index is 0.788. The highest BCUT2D eigenvalue weighted by Crippen LogP contribution is 2.16. The Morgan fingerprint density at radius 3 is 3.00 bits per heavy atom. The monoisotopic (exact) mass is 255 g/mol. The largest absolute Gasteiger partial charge is 0.336 e. The summed E-state index contributed by atoms with van der Waals surface area (Å²) in [7, 11) is 1.98. The number of rotatable bonds is 5. The highest BCUT2D eigenvalue weighted by Gasteiger charge is 2.06. The van der Waals surface area contributed by atoms with Crippen molar-refractivity contribution in [1.29, 1.82) is 0 Å². The maximum Gasteiger partial charge on any atom is 0.0946 e. The van der Waals surface area contributed by atoms with Crippen LogP contribution in [0.5, 0.6) is 0 Å². The molecular formula is C14H17N5. The molecule has 0 aliphatic rings. The summed E-state index contributed by atoms with van der Waals surface area (Å²) in [6.45, 7) is 2.61. The summed E-state index contributed by atoms with van der Waals surface area (Å²) in [6.07, 6.45) is 5.60. The molecule has 3 aromatic rings. The molecule has 0 unspecified atom stereocenters. The van der Waals surface area contributed by atoms with E-state index in [4.69, 9.17) is 0 Å². The lowest BCUT2D eigenvalue weighted by Crippen LogP contribution is -2.19. The van der Waals surface area contributed by atoms with Crippen LogP contribution in [0.15, 0.2) is 43.0 Å². The first-order valence-corrected chi connectivity index (χ1v) is 6.41. The van der Waals surface area contributed by atoms with Crippen molar-refractivity contribution in [3.8, 4) is 0 Å². The van der Waals surface area contributed by atoms with Crippen LogP contribution in [0, 0.1) is 0 Å². The van der Waals surface area contributed by atoms with Gasteiger partial charge in [-0.15, -0.1) is 0 Å². The van der Waals surface area contributed by atoms with Gasteiger partial charge in [0.05, 0.1) is 17.5 Å². The van der Waals surface area contributed by atoms with Crippen molar-refractivity contribution in [2.45, 2.75) is 13.1 Å². The number of fused-ring (bicyclic) bond motifs is 1. The molecule has 3 rings (SSSR count). The zero-order valence-electron chi connectivity index (χ0n) is 11.0. The third kappa shape index (κ3) is 2.51. The molecule has 5 nitrogen and oxygen atoms in total. The molecule has 1 N–H and O–H groups in total. The first kappa shape index (κ1) is 11.9. The first-order valence-electron chi connectivity index (χ1n) is 6.41. The van der Waals surface area contributed by atoms with Crippen molar-refractivity contribution in [3.63, 3.8) is 0 Å². The van der Waals surface area contributed by atoms with Gasteiger partial charge in [0.15, 0.2) is 0 Å². The van der Waals surface area contributed by atoms with Gasteiger partial charge in [-0.05, 0) is 6.07 Å². The van der Waals surface area contributed by atoms with E-state index in [1.165, 1.54) is 10.9 Å². The second-order valence-corrected chi connectivity index (χ2v) is 4.56. The lowest BCUT2D eigenvalue weighted by Gasteiger charge is -2.03. The molecule has 0 bridgehead atoms. The van der Waals surface area contributed by atoms with Crippen molar-refractivity contribution in [2.24, 2.45) is 7.05 Å². The molecular weight excluding hydrogens is 238 g/mol. The fraction of sp³-hybridized carbons (Fsp3) is 0.286. The molecule has 0 atom stereocenters. The van der Waals surface area contributed by atoms with E-state index in [0.717, 1.165) is 25.3 Å². The van der Waals surface area contributed by atoms with Gasteiger partial charge in [-0.2, -0.15) is 5.10 Å². The average Bonchev–Trinajstić information content (AvgIpc) is 3.04. The van der Waals surface area contributed by atoms with Gasteiger partial charge in [0.2, 0.25) is 0 Å². The van der Waals surface area contributed by atoms with Gasteiger partial charge in [-0.1, -0.05) is 18.2 Å². The Kier molecular flexibility index (Phi) is 3.29. The van der Waals surface area contributed by atoms with E-state index in [-0.39, 0.29) is 0 Å². The predicted octanol–water partition coefficient (Wildman–Crippen LogP) is 1.56. The van der Waals surface area contributed by atoms with Crippen LogP contribution in [0.25, 0.3) is 10.9 Å². The third-order valence-corrected chi connectivity index (χ3v) is 3.23. The van der Waals surface area contributed by atoms with Crippen molar-refractivity contribution < 1.29 is 0 Å². The molecule has 0 spiro atoms. The Bertz CT molecular complexity index is 654. The fourth-order valence-electron chi connectivity index (χ4n) is 2.25. The van der Waals surface area contributed by atoms with Crippen LogP contribution in [0.1, 0.15) is 5.69 Å². The summed E-state index contributed by atoms with van der Waals surface area (Å²) in [5, 5.41) is 9.20. The van der Waals surface area contributed by atoms with Gasteiger partial charge in [-0.3, -0.25) is 4.68 Å². The van der Waals surface area contributed by atoms with Crippen molar-refractivity contribution >= 4 is 10.9 Å². The van der Waals surface area contributed by atoms with Crippen LogP contribution in [-0.2, 0) is 20.1 Å². The molecule has 5 heteroatoms. The van der Waals surface area contributed by atoms with Crippen LogP contribution in [0.3, 0.4) is 0 Å². The van der Waals surface area contributed by atoms with Gasteiger partial charge in [-0.25, -0.2) is 4.98 Å². The second-order valence-electron chi connectivity index (χ2n) is 4.56.